The summed E-state index contributed by atoms with van der Waals surface area (Å²) in [5.74, 6) is -1.29. The van der Waals surface area contributed by atoms with Gasteiger partial charge in [0.25, 0.3) is 0 Å². The Bertz CT molecular complexity index is 827. The van der Waals surface area contributed by atoms with Gasteiger partial charge in [0.2, 0.25) is 0 Å². The van der Waals surface area contributed by atoms with Crippen molar-refractivity contribution in [3.63, 3.8) is 0 Å². The van der Waals surface area contributed by atoms with Crippen molar-refractivity contribution in [2.24, 2.45) is 17.8 Å². The number of carbonyl (C=O) groups is 2. The average Bonchev–Trinajstić information content (AvgIpc) is 3.10. The van der Waals surface area contributed by atoms with Crippen LogP contribution in [0.4, 0.5) is 0 Å². The molecular formula is C22H28O10. The molecule has 0 aromatic heterocycles. The van der Waals surface area contributed by atoms with Crippen molar-refractivity contribution in [1.29, 1.82) is 0 Å². The number of phenols is 1. The van der Waals surface area contributed by atoms with Crippen LogP contribution in [0.5, 0.6) is 5.75 Å². The highest BCUT2D eigenvalue weighted by Gasteiger charge is 2.51. The minimum absolute atomic E-state index is 0.000988. The van der Waals surface area contributed by atoms with Gasteiger partial charge in [-0.15, -0.1) is 0 Å². The summed E-state index contributed by atoms with van der Waals surface area (Å²) in [5.41, 5.74) is 0.191. The van der Waals surface area contributed by atoms with E-state index in [9.17, 15) is 30.0 Å². The quantitative estimate of drug-likeness (QED) is 0.448. The maximum absolute atomic E-state index is 12.2. The first-order valence-corrected chi connectivity index (χ1v) is 10.7. The SMILES string of the molecule is C[C@H]1[C@H]2C(=O)OCC[C@H]2C[C@@H]1O[C@H]1O[C@H](COC(=O)c2ccc(O)cc2)[C@H](O)[C@@H](O)[C@H]1O. The predicted molar refractivity (Wildman–Crippen MR) is 106 cm³/mol. The van der Waals surface area contributed by atoms with Crippen LogP contribution < -0.4 is 0 Å². The van der Waals surface area contributed by atoms with Gasteiger partial charge in [0, 0.05) is 0 Å². The molecule has 2 aliphatic heterocycles. The highest BCUT2D eigenvalue weighted by atomic mass is 16.7. The number of aromatic hydroxyl groups is 1. The fourth-order valence-corrected chi connectivity index (χ4v) is 4.79. The Balaban J connectivity index is 1.38. The molecule has 1 aromatic rings. The highest BCUT2D eigenvalue weighted by Crippen LogP contribution is 2.44. The third-order valence-electron chi connectivity index (χ3n) is 6.66. The van der Waals surface area contributed by atoms with Gasteiger partial charge >= 0.3 is 11.9 Å². The molecule has 1 aromatic carbocycles. The molecule has 2 heterocycles. The van der Waals surface area contributed by atoms with Gasteiger partial charge in [0.15, 0.2) is 6.29 Å². The van der Waals surface area contributed by atoms with Crippen molar-refractivity contribution >= 4 is 11.9 Å². The summed E-state index contributed by atoms with van der Waals surface area (Å²) in [7, 11) is 0. The second-order valence-corrected chi connectivity index (χ2v) is 8.67. The Morgan fingerprint density at radius 3 is 2.53 bits per heavy atom. The van der Waals surface area contributed by atoms with Crippen molar-refractivity contribution in [2.75, 3.05) is 13.2 Å². The number of ether oxygens (including phenoxy) is 4. The number of aliphatic hydroxyl groups is 3. The van der Waals surface area contributed by atoms with Gasteiger partial charge in [-0.1, -0.05) is 6.92 Å². The number of esters is 2. The molecular weight excluding hydrogens is 424 g/mol. The summed E-state index contributed by atoms with van der Waals surface area (Å²) in [5, 5.41) is 40.3. The molecule has 4 rings (SSSR count). The number of phenolic OH excluding ortho intramolecular Hbond substituents is 1. The molecule has 176 valence electrons. The van der Waals surface area contributed by atoms with Gasteiger partial charge < -0.3 is 39.4 Å². The summed E-state index contributed by atoms with van der Waals surface area (Å²) in [4.78, 5) is 24.3. The second-order valence-electron chi connectivity index (χ2n) is 8.67. The third kappa shape index (κ3) is 4.46. The first-order chi connectivity index (χ1) is 15.3. The first kappa shape index (κ1) is 22.9. The van der Waals surface area contributed by atoms with Crippen molar-refractivity contribution < 1.29 is 49.0 Å². The highest BCUT2D eigenvalue weighted by molar-refractivity contribution is 5.89. The lowest BCUT2D eigenvalue weighted by Crippen LogP contribution is -2.60. The molecule has 32 heavy (non-hydrogen) atoms. The topological polar surface area (TPSA) is 152 Å². The van der Waals surface area contributed by atoms with Crippen LogP contribution in [-0.4, -0.2) is 82.4 Å². The smallest absolute Gasteiger partial charge is 0.338 e. The zero-order valence-corrected chi connectivity index (χ0v) is 17.6. The summed E-state index contributed by atoms with van der Waals surface area (Å²) in [6.07, 6.45) is -6.07. The molecule has 9 atom stereocenters. The number of benzene rings is 1. The molecule has 3 fully saturated rings. The summed E-state index contributed by atoms with van der Waals surface area (Å²) < 4.78 is 21.9. The van der Waals surface area contributed by atoms with Crippen molar-refractivity contribution in [1.82, 2.24) is 0 Å². The van der Waals surface area contributed by atoms with E-state index in [0.717, 1.165) is 6.42 Å². The van der Waals surface area contributed by atoms with Crippen molar-refractivity contribution in [2.45, 2.75) is 56.6 Å². The minimum atomic E-state index is -1.57. The maximum Gasteiger partial charge on any atom is 0.338 e. The Kier molecular flexibility index (Phi) is 6.68. The van der Waals surface area contributed by atoms with E-state index >= 15 is 0 Å². The normalized spacial score (nSPS) is 39.2. The predicted octanol–water partition coefficient (Wildman–Crippen LogP) is -0.0391. The van der Waals surface area contributed by atoms with Crippen molar-refractivity contribution in [3.05, 3.63) is 29.8 Å². The second kappa shape index (κ2) is 9.32. The third-order valence-corrected chi connectivity index (χ3v) is 6.66. The number of hydrogen-bond donors (Lipinski definition) is 4. The van der Waals surface area contributed by atoms with Crippen LogP contribution in [0.1, 0.15) is 30.1 Å². The summed E-state index contributed by atoms with van der Waals surface area (Å²) in [6.45, 7) is 1.86. The van der Waals surface area contributed by atoms with E-state index in [-0.39, 0.29) is 41.6 Å². The lowest BCUT2D eigenvalue weighted by Gasteiger charge is -2.41. The standard InChI is InChI=1S/C22H28O10/c1-10-14(8-12-6-7-29-21(28)16(10)12)31-22-19(26)18(25)17(24)15(32-22)9-30-20(27)11-2-4-13(23)5-3-11/h2-5,10,12,14-19,22-26H,6-9H2,1H3/t10-,12+,14+,15-,16-,17+,18-,19-,22+/m1/s1. The Morgan fingerprint density at radius 1 is 1.12 bits per heavy atom. The molecule has 10 nitrogen and oxygen atoms in total. The van der Waals surface area contributed by atoms with Crippen LogP contribution in [0.25, 0.3) is 0 Å². The number of aliphatic hydroxyl groups excluding tert-OH is 3. The fourth-order valence-electron chi connectivity index (χ4n) is 4.79. The zero-order chi connectivity index (χ0) is 23.0. The zero-order valence-electron chi connectivity index (χ0n) is 17.6. The molecule has 1 saturated carbocycles. The largest absolute Gasteiger partial charge is 0.508 e. The van der Waals surface area contributed by atoms with Gasteiger partial charge in [-0.25, -0.2) is 4.79 Å². The molecule has 0 bridgehead atoms. The van der Waals surface area contributed by atoms with Gasteiger partial charge in [-0.3, -0.25) is 4.79 Å². The minimum Gasteiger partial charge on any atom is -0.508 e. The van der Waals surface area contributed by atoms with Crippen LogP contribution in [0, 0.1) is 17.8 Å². The molecule has 0 radical (unpaired) electrons. The summed E-state index contributed by atoms with van der Waals surface area (Å²) >= 11 is 0. The molecule has 1 aliphatic carbocycles. The maximum atomic E-state index is 12.2. The van der Waals surface area contributed by atoms with E-state index in [2.05, 4.69) is 0 Å². The number of carbonyl (C=O) groups excluding carboxylic acids is 2. The Morgan fingerprint density at radius 2 is 1.84 bits per heavy atom. The van der Waals surface area contributed by atoms with Gasteiger partial charge in [0.05, 0.1) is 24.2 Å². The molecule has 4 N–H and O–H groups in total. The van der Waals surface area contributed by atoms with Crippen LogP contribution in [0.15, 0.2) is 24.3 Å². The van der Waals surface area contributed by atoms with E-state index in [0.29, 0.717) is 13.0 Å². The lowest BCUT2D eigenvalue weighted by atomic mass is 9.87. The van der Waals surface area contributed by atoms with Gasteiger partial charge in [-0.2, -0.15) is 0 Å². The van der Waals surface area contributed by atoms with E-state index < -0.39 is 42.8 Å². The molecule has 3 aliphatic rings. The number of rotatable bonds is 5. The molecule has 0 amide bonds. The number of hydrogen-bond acceptors (Lipinski definition) is 10. The van der Waals surface area contributed by atoms with E-state index in [4.69, 9.17) is 18.9 Å². The van der Waals surface area contributed by atoms with Gasteiger partial charge in [-0.05, 0) is 48.9 Å². The Hall–Kier alpha value is -2.24. The van der Waals surface area contributed by atoms with Gasteiger partial charge in [0.1, 0.15) is 36.8 Å². The van der Waals surface area contributed by atoms with E-state index in [1.807, 2.05) is 6.92 Å². The molecule has 0 unspecified atom stereocenters. The first-order valence-electron chi connectivity index (χ1n) is 10.7. The monoisotopic (exact) mass is 452 g/mol. The number of fused-ring (bicyclic) bond motifs is 1. The molecule has 10 heteroatoms. The number of cyclic esters (lactones) is 1. The molecule has 0 spiro atoms. The van der Waals surface area contributed by atoms with Crippen LogP contribution >= 0.6 is 0 Å². The van der Waals surface area contributed by atoms with E-state index in [1.54, 1.807) is 0 Å². The fraction of sp³-hybridized carbons (Fsp3) is 0.636. The van der Waals surface area contributed by atoms with Crippen LogP contribution in [0.2, 0.25) is 0 Å². The lowest BCUT2D eigenvalue weighted by molar-refractivity contribution is -0.313. The van der Waals surface area contributed by atoms with E-state index in [1.165, 1.54) is 24.3 Å². The van der Waals surface area contributed by atoms with Crippen LogP contribution in [0.3, 0.4) is 0 Å². The van der Waals surface area contributed by atoms with Crippen molar-refractivity contribution in [3.8, 4) is 5.75 Å². The summed E-state index contributed by atoms with van der Waals surface area (Å²) in [6, 6.07) is 5.43. The Labute approximate surface area is 184 Å². The van der Waals surface area contributed by atoms with Crippen LogP contribution in [-0.2, 0) is 23.7 Å². The average molecular weight is 452 g/mol. The molecule has 2 saturated heterocycles.